The minimum absolute atomic E-state index is 0.121. The highest BCUT2D eigenvalue weighted by Crippen LogP contribution is 2.38. The van der Waals surface area contributed by atoms with Crippen LogP contribution >= 0.6 is 0 Å². The summed E-state index contributed by atoms with van der Waals surface area (Å²) in [5.74, 6) is 0.959. The molecule has 0 bridgehead atoms. The molecule has 0 saturated carbocycles. The lowest BCUT2D eigenvalue weighted by atomic mass is 9.83. The number of methoxy groups -OCH3 is 1. The van der Waals surface area contributed by atoms with Crippen molar-refractivity contribution in [3.8, 4) is 17.2 Å². The molecule has 2 aromatic rings. The van der Waals surface area contributed by atoms with Crippen LogP contribution in [-0.4, -0.2) is 31.6 Å². The fourth-order valence-corrected chi connectivity index (χ4v) is 3.56. The van der Waals surface area contributed by atoms with Crippen LogP contribution in [0.3, 0.4) is 0 Å². The zero-order valence-electron chi connectivity index (χ0n) is 14.4. The average Bonchev–Trinajstić information content (AvgIpc) is 3.27. The van der Waals surface area contributed by atoms with Crippen molar-refractivity contribution in [2.45, 2.75) is 12.5 Å². The van der Waals surface area contributed by atoms with Crippen molar-refractivity contribution >= 4 is 5.97 Å². The molecular weight excluding hydrogens is 336 g/mol. The largest absolute Gasteiger partial charge is 0.497 e. The lowest BCUT2D eigenvalue weighted by molar-refractivity contribution is -0.144. The molecule has 0 aliphatic carbocycles. The number of carbonyl (C=O) groups excluding carboxylic acids is 1. The van der Waals surface area contributed by atoms with Gasteiger partial charge in [-0.15, -0.1) is 0 Å². The number of rotatable bonds is 5. The first-order chi connectivity index (χ1) is 12.7. The lowest BCUT2D eigenvalue weighted by Crippen LogP contribution is -2.25. The van der Waals surface area contributed by atoms with Crippen LogP contribution in [0.2, 0.25) is 0 Å². The fourth-order valence-electron chi connectivity index (χ4n) is 3.56. The summed E-state index contributed by atoms with van der Waals surface area (Å²) in [6.07, 6.45) is -0.340. The number of hydrogen-bond donors (Lipinski definition) is 1. The summed E-state index contributed by atoms with van der Waals surface area (Å²) >= 11 is 0. The molecule has 4 rings (SSSR count). The molecule has 6 heteroatoms. The molecule has 0 radical (unpaired) electrons. The quantitative estimate of drug-likeness (QED) is 0.830. The summed E-state index contributed by atoms with van der Waals surface area (Å²) in [6.45, 7) is 0.514. The SMILES string of the molecule is COc1cccc(C(O)[C@H]2C(=O)OC[C@@H]2Cc2ccc3c(c2)OCO3)c1. The monoisotopic (exact) mass is 356 g/mol. The highest BCUT2D eigenvalue weighted by molar-refractivity contribution is 5.76. The van der Waals surface area contributed by atoms with Gasteiger partial charge in [0.05, 0.1) is 25.7 Å². The van der Waals surface area contributed by atoms with Gasteiger partial charge in [-0.3, -0.25) is 4.79 Å². The number of aliphatic hydroxyl groups excluding tert-OH is 1. The Hall–Kier alpha value is -2.73. The zero-order valence-corrected chi connectivity index (χ0v) is 14.4. The second kappa shape index (κ2) is 6.88. The Balaban J connectivity index is 1.55. The van der Waals surface area contributed by atoms with Crippen molar-refractivity contribution in [2.75, 3.05) is 20.5 Å². The summed E-state index contributed by atoms with van der Waals surface area (Å²) in [5.41, 5.74) is 1.66. The topological polar surface area (TPSA) is 74.2 Å². The second-order valence-corrected chi connectivity index (χ2v) is 6.53. The van der Waals surface area contributed by atoms with E-state index in [2.05, 4.69) is 0 Å². The number of fused-ring (bicyclic) bond motifs is 1. The Morgan fingerprint density at radius 2 is 2.00 bits per heavy atom. The van der Waals surface area contributed by atoms with Crippen LogP contribution in [0.5, 0.6) is 17.2 Å². The molecule has 0 aromatic heterocycles. The average molecular weight is 356 g/mol. The van der Waals surface area contributed by atoms with Crippen LogP contribution in [0, 0.1) is 11.8 Å². The molecule has 0 amide bonds. The molecule has 1 saturated heterocycles. The summed E-state index contributed by atoms with van der Waals surface area (Å²) < 4.78 is 21.2. The van der Waals surface area contributed by atoms with E-state index in [0.717, 1.165) is 11.3 Å². The zero-order chi connectivity index (χ0) is 18.1. The predicted octanol–water partition coefficient (Wildman–Crippen LogP) is 2.49. The van der Waals surface area contributed by atoms with Crippen LogP contribution < -0.4 is 14.2 Å². The van der Waals surface area contributed by atoms with E-state index in [1.807, 2.05) is 18.2 Å². The van der Waals surface area contributed by atoms with E-state index in [9.17, 15) is 9.90 Å². The number of carbonyl (C=O) groups is 1. The molecule has 136 valence electrons. The van der Waals surface area contributed by atoms with Gasteiger partial charge in [0.1, 0.15) is 5.75 Å². The van der Waals surface area contributed by atoms with Gasteiger partial charge in [0.2, 0.25) is 6.79 Å². The Kier molecular flexibility index (Phi) is 4.42. The number of hydrogen-bond acceptors (Lipinski definition) is 6. The molecular formula is C20H20O6. The van der Waals surface area contributed by atoms with Crippen molar-refractivity contribution in [1.29, 1.82) is 0 Å². The molecule has 2 aliphatic rings. The van der Waals surface area contributed by atoms with Gasteiger partial charge in [-0.05, 0) is 41.8 Å². The molecule has 2 aromatic carbocycles. The van der Waals surface area contributed by atoms with Crippen LogP contribution in [-0.2, 0) is 16.0 Å². The maximum absolute atomic E-state index is 12.3. The van der Waals surface area contributed by atoms with E-state index in [-0.39, 0.29) is 18.7 Å². The molecule has 26 heavy (non-hydrogen) atoms. The van der Waals surface area contributed by atoms with Gasteiger partial charge in [-0.2, -0.15) is 0 Å². The summed E-state index contributed by atoms with van der Waals surface area (Å²) in [6, 6.07) is 12.9. The standard InChI is InChI=1S/C20H20O6/c1-23-15-4-2-3-13(9-15)19(21)18-14(10-24-20(18)22)7-12-5-6-16-17(8-12)26-11-25-16/h2-6,8-9,14,18-19,21H,7,10-11H2,1H3/t14-,18-,19?/m0/s1. The van der Waals surface area contributed by atoms with Gasteiger partial charge in [0.25, 0.3) is 0 Å². The van der Waals surface area contributed by atoms with E-state index in [4.69, 9.17) is 18.9 Å². The molecule has 1 N–H and O–H groups in total. The number of cyclic esters (lactones) is 1. The van der Waals surface area contributed by atoms with Gasteiger partial charge in [-0.1, -0.05) is 18.2 Å². The molecule has 0 spiro atoms. The third-order valence-corrected chi connectivity index (χ3v) is 4.93. The first kappa shape index (κ1) is 16.7. The molecule has 1 fully saturated rings. The smallest absolute Gasteiger partial charge is 0.312 e. The van der Waals surface area contributed by atoms with Gasteiger partial charge in [-0.25, -0.2) is 0 Å². The van der Waals surface area contributed by atoms with E-state index in [1.54, 1.807) is 31.4 Å². The minimum atomic E-state index is -0.945. The Labute approximate surface area is 151 Å². The van der Waals surface area contributed by atoms with Crippen molar-refractivity contribution in [2.24, 2.45) is 11.8 Å². The van der Waals surface area contributed by atoms with Crippen molar-refractivity contribution in [1.82, 2.24) is 0 Å². The molecule has 6 nitrogen and oxygen atoms in total. The van der Waals surface area contributed by atoms with Gasteiger partial charge in [0, 0.05) is 5.92 Å². The molecule has 3 atom stereocenters. The first-order valence-electron chi connectivity index (χ1n) is 8.53. The summed E-state index contributed by atoms with van der Waals surface area (Å²) in [7, 11) is 1.57. The van der Waals surface area contributed by atoms with E-state index >= 15 is 0 Å². The number of esters is 1. The van der Waals surface area contributed by atoms with E-state index in [0.29, 0.717) is 30.1 Å². The van der Waals surface area contributed by atoms with Crippen molar-refractivity contribution < 1.29 is 28.8 Å². The van der Waals surface area contributed by atoms with Crippen LogP contribution in [0.15, 0.2) is 42.5 Å². The normalized spacial score (nSPS) is 22.2. The maximum Gasteiger partial charge on any atom is 0.312 e. The van der Waals surface area contributed by atoms with Crippen LogP contribution in [0.1, 0.15) is 17.2 Å². The van der Waals surface area contributed by atoms with Crippen molar-refractivity contribution in [3.63, 3.8) is 0 Å². The van der Waals surface area contributed by atoms with Crippen LogP contribution in [0.25, 0.3) is 0 Å². The molecule has 2 aliphatic heterocycles. The first-order valence-corrected chi connectivity index (χ1v) is 8.53. The lowest BCUT2D eigenvalue weighted by Gasteiger charge is -2.21. The Morgan fingerprint density at radius 3 is 2.85 bits per heavy atom. The highest BCUT2D eigenvalue weighted by Gasteiger charge is 2.42. The molecule has 2 heterocycles. The van der Waals surface area contributed by atoms with E-state index in [1.165, 1.54) is 0 Å². The molecule has 1 unspecified atom stereocenters. The minimum Gasteiger partial charge on any atom is -0.497 e. The second-order valence-electron chi connectivity index (χ2n) is 6.53. The number of ether oxygens (including phenoxy) is 4. The number of aliphatic hydroxyl groups is 1. The van der Waals surface area contributed by atoms with E-state index < -0.39 is 12.0 Å². The Morgan fingerprint density at radius 1 is 1.15 bits per heavy atom. The summed E-state index contributed by atoms with van der Waals surface area (Å²) in [5, 5.41) is 10.8. The fraction of sp³-hybridized carbons (Fsp3) is 0.350. The maximum atomic E-state index is 12.3. The third-order valence-electron chi connectivity index (χ3n) is 4.93. The van der Waals surface area contributed by atoms with Crippen molar-refractivity contribution in [3.05, 3.63) is 53.6 Å². The predicted molar refractivity (Wildman–Crippen MR) is 92.2 cm³/mol. The van der Waals surface area contributed by atoms with Gasteiger partial charge >= 0.3 is 5.97 Å². The number of benzene rings is 2. The Bertz CT molecular complexity index is 818. The van der Waals surface area contributed by atoms with Gasteiger partial charge < -0.3 is 24.1 Å². The van der Waals surface area contributed by atoms with Gasteiger partial charge in [0.15, 0.2) is 11.5 Å². The summed E-state index contributed by atoms with van der Waals surface area (Å²) in [4.78, 5) is 12.3. The third kappa shape index (κ3) is 3.08. The van der Waals surface area contributed by atoms with Crippen LogP contribution in [0.4, 0.5) is 0 Å². The highest BCUT2D eigenvalue weighted by atomic mass is 16.7.